The second-order valence-corrected chi connectivity index (χ2v) is 4.01. The van der Waals surface area contributed by atoms with Gasteiger partial charge in [-0.15, -0.1) is 0 Å². The van der Waals surface area contributed by atoms with E-state index in [2.05, 4.69) is 0 Å². The van der Waals surface area contributed by atoms with Gasteiger partial charge < -0.3 is 19.9 Å². The summed E-state index contributed by atoms with van der Waals surface area (Å²) < 4.78 is 16.8. The first kappa shape index (κ1) is 10.4. The van der Waals surface area contributed by atoms with Gasteiger partial charge in [-0.2, -0.15) is 0 Å². The number of rotatable bonds is 3. The summed E-state index contributed by atoms with van der Waals surface area (Å²) in [7, 11) is 0. The molecule has 2 heterocycles. The quantitative estimate of drug-likeness (QED) is 0.722. The molecular formula is C10H19NO3. The Hall–Kier alpha value is -0.160. The molecule has 0 bridgehead atoms. The Labute approximate surface area is 84.7 Å². The molecule has 0 radical (unpaired) electrons. The molecule has 0 spiro atoms. The lowest BCUT2D eigenvalue weighted by atomic mass is 10.0. The maximum absolute atomic E-state index is 5.76. The first-order chi connectivity index (χ1) is 6.90. The molecule has 82 valence electrons. The topological polar surface area (TPSA) is 53.7 Å². The van der Waals surface area contributed by atoms with Crippen LogP contribution in [0.1, 0.15) is 19.3 Å². The molecule has 14 heavy (non-hydrogen) atoms. The van der Waals surface area contributed by atoms with Gasteiger partial charge >= 0.3 is 0 Å². The zero-order valence-electron chi connectivity index (χ0n) is 8.48. The molecule has 0 aromatic heterocycles. The predicted octanol–water partition coefficient (Wildman–Crippen LogP) is 0.503. The largest absolute Gasteiger partial charge is 0.381 e. The van der Waals surface area contributed by atoms with Gasteiger partial charge in [-0.3, -0.25) is 0 Å². The third-order valence-electron chi connectivity index (χ3n) is 2.84. The van der Waals surface area contributed by atoms with Crippen LogP contribution in [0.5, 0.6) is 0 Å². The lowest BCUT2D eigenvalue weighted by Gasteiger charge is -2.26. The van der Waals surface area contributed by atoms with E-state index in [0.717, 1.165) is 32.5 Å². The van der Waals surface area contributed by atoms with E-state index in [9.17, 15) is 0 Å². The first-order valence-electron chi connectivity index (χ1n) is 5.45. The van der Waals surface area contributed by atoms with Crippen LogP contribution >= 0.6 is 0 Å². The number of nitrogens with two attached hydrogens (primary N) is 1. The fourth-order valence-corrected chi connectivity index (χ4v) is 2.04. The van der Waals surface area contributed by atoms with Gasteiger partial charge in [-0.1, -0.05) is 0 Å². The highest BCUT2D eigenvalue weighted by Crippen LogP contribution is 2.26. The standard InChI is InChI=1S/C10H19NO3/c11-4-3-9-7-13-10(14-9)8-2-1-5-12-6-8/h8-10H,1-7,11H2. The van der Waals surface area contributed by atoms with Crippen molar-refractivity contribution in [2.45, 2.75) is 31.7 Å². The fourth-order valence-electron chi connectivity index (χ4n) is 2.04. The molecule has 0 aromatic carbocycles. The number of hydrogen-bond acceptors (Lipinski definition) is 4. The summed E-state index contributed by atoms with van der Waals surface area (Å²) in [6.07, 6.45) is 3.32. The maximum atomic E-state index is 5.76. The first-order valence-corrected chi connectivity index (χ1v) is 5.45. The molecule has 4 heteroatoms. The molecule has 0 aromatic rings. The van der Waals surface area contributed by atoms with Crippen LogP contribution in [-0.2, 0) is 14.2 Å². The molecule has 2 saturated heterocycles. The van der Waals surface area contributed by atoms with Crippen molar-refractivity contribution >= 4 is 0 Å². The molecule has 4 nitrogen and oxygen atoms in total. The third-order valence-corrected chi connectivity index (χ3v) is 2.84. The normalized spacial score (nSPS) is 38.8. The van der Waals surface area contributed by atoms with Gasteiger partial charge in [-0.25, -0.2) is 0 Å². The van der Waals surface area contributed by atoms with Gasteiger partial charge in [0.25, 0.3) is 0 Å². The van der Waals surface area contributed by atoms with E-state index in [4.69, 9.17) is 19.9 Å². The van der Waals surface area contributed by atoms with Gasteiger partial charge in [0.15, 0.2) is 6.29 Å². The van der Waals surface area contributed by atoms with Crippen LogP contribution < -0.4 is 5.73 Å². The molecule has 0 amide bonds. The Morgan fingerprint density at radius 3 is 2.93 bits per heavy atom. The highest BCUT2D eigenvalue weighted by Gasteiger charge is 2.33. The monoisotopic (exact) mass is 201 g/mol. The highest BCUT2D eigenvalue weighted by atomic mass is 16.7. The lowest BCUT2D eigenvalue weighted by molar-refractivity contribution is -0.129. The molecule has 2 rings (SSSR count). The summed E-state index contributed by atoms with van der Waals surface area (Å²) >= 11 is 0. The van der Waals surface area contributed by atoms with E-state index in [-0.39, 0.29) is 12.4 Å². The van der Waals surface area contributed by atoms with E-state index in [1.807, 2.05) is 0 Å². The van der Waals surface area contributed by atoms with E-state index in [1.54, 1.807) is 0 Å². The summed E-state index contributed by atoms with van der Waals surface area (Å²) in [5.74, 6) is 0.423. The Morgan fingerprint density at radius 1 is 1.29 bits per heavy atom. The maximum Gasteiger partial charge on any atom is 0.163 e. The summed E-state index contributed by atoms with van der Waals surface area (Å²) in [6.45, 7) is 3.02. The van der Waals surface area contributed by atoms with Crippen LogP contribution in [0.15, 0.2) is 0 Å². The molecule has 3 atom stereocenters. The second kappa shape index (κ2) is 5.07. The van der Waals surface area contributed by atoms with E-state index in [1.165, 1.54) is 0 Å². The van der Waals surface area contributed by atoms with Crippen LogP contribution in [0.2, 0.25) is 0 Å². The summed E-state index contributed by atoms with van der Waals surface area (Å²) in [5, 5.41) is 0. The molecule has 2 aliphatic heterocycles. The molecule has 2 N–H and O–H groups in total. The zero-order chi connectivity index (χ0) is 9.80. The minimum Gasteiger partial charge on any atom is -0.381 e. The predicted molar refractivity (Wildman–Crippen MR) is 51.8 cm³/mol. The van der Waals surface area contributed by atoms with Gasteiger partial charge in [0.1, 0.15) is 0 Å². The van der Waals surface area contributed by atoms with Crippen molar-refractivity contribution in [3.05, 3.63) is 0 Å². The average Bonchev–Trinajstić information content (AvgIpc) is 2.68. The smallest absolute Gasteiger partial charge is 0.163 e. The van der Waals surface area contributed by atoms with Crippen molar-refractivity contribution < 1.29 is 14.2 Å². The molecular weight excluding hydrogens is 182 g/mol. The van der Waals surface area contributed by atoms with Crippen molar-refractivity contribution in [1.29, 1.82) is 0 Å². The highest BCUT2D eigenvalue weighted by molar-refractivity contribution is 4.73. The van der Waals surface area contributed by atoms with Gasteiger partial charge in [0.2, 0.25) is 0 Å². The Balaban J connectivity index is 1.76. The third kappa shape index (κ3) is 2.45. The summed E-state index contributed by atoms with van der Waals surface area (Å²) in [5.41, 5.74) is 5.47. The number of ether oxygens (including phenoxy) is 3. The van der Waals surface area contributed by atoms with Gasteiger partial charge in [-0.05, 0) is 25.8 Å². The zero-order valence-corrected chi connectivity index (χ0v) is 8.48. The van der Waals surface area contributed by atoms with E-state index >= 15 is 0 Å². The van der Waals surface area contributed by atoms with Crippen LogP contribution in [0.4, 0.5) is 0 Å². The number of hydrogen-bond donors (Lipinski definition) is 1. The molecule has 0 aliphatic carbocycles. The van der Waals surface area contributed by atoms with Crippen LogP contribution in [0.25, 0.3) is 0 Å². The van der Waals surface area contributed by atoms with E-state index in [0.29, 0.717) is 19.1 Å². The minimum absolute atomic E-state index is 0.0492. The summed E-state index contributed by atoms with van der Waals surface area (Å²) in [6, 6.07) is 0. The van der Waals surface area contributed by atoms with E-state index < -0.39 is 0 Å². The summed E-state index contributed by atoms with van der Waals surface area (Å²) in [4.78, 5) is 0. The molecule has 3 unspecified atom stereocenters. The Bertz CT molecular complexity index is 171. The molecule has 0 saturated carbocycles. The van der Waals surface area contributed by atoms with Crippen LogP contribution in [0.3, 0.4) is 0 Å². The Kier molecular flexibility index (Phi) is 3.75. The fraction of sp³-hybridized carbons (Fsp3) is 1.00. The average molecular weight is 201 g/mol. The van der Waals surface area contributed by atoms with Crippen molar-refractivity contribution in [3.8, 4) is 0 Å². The second-order valence-electron chi connectivity index (χ2n) is 4.01. The minimum atomic E-state index is -0.0492. The van der Waals surface area contributed by atoms with Crippen LogP contribution in [0, 0.1) is 5.92 Å². The van der Waals surface area contributed by atoms with Crippen molar-refractivity contribution in [3.63, 3.8) is 0 Å². The van der Waals surface area contributed by atoms with Crippen LogP contribution in [-0.4, -0.2) is 38.8 Å². The van der Waals surface area contributed by atoms with Crippen molar-refractivity contribution in [1.82, 2.24) is 0 Å². The van der Waals surface area contributed by atoms with Crippen molar-refractivity contribution in [2.24, 2.45) is 11.7 Å². The van der Waals surface area contributed by atoms with Gasteiger partial charge in [0.05, 0.1) is 19.3 Å². The lowest BCUT2D eigenvalue weighted by Crippen LogP contribution is -2.30. The van der Waals surface area contributed by atoms with Gasteiger partial charge in [0, 0.05) is 12.5 Å². The molecule has 2 fully saturated rings. The Morgan fingerprint density at radius 2 is 2.21 bits per heavy atom. The van der Waals surface area contributed by atoms with Crippen molar-refractivity contribution in [2.75, 3.05) is 26.4 Å². The molecule has 2 aliphatic rings. The SMILES string of the molecule is NCCC1COC(C2CCCOC2)O1.